The molecule has 0 atom stereocenters. The van der Waals surface area contributed by atoms with Gasteiger partial charge in [-0.3, -0.25) is 4.79 Å². The van der Waals surface area contributed by atoms with Gasteiger partial charge in [-0.15, -0.1) is 0 Å². The van der Waals surface area contributed by atoms with Crippen LogP contribution in [0.25, 0.3) is 10.8 Å². The zero-order valence-corrected chi connectivity index (χ0v) is 14.7. The van der Waals surface area contributed by atoms with E-state index in [1.807, 2.05) is 42.5 Å². The minimum atomic E-state index is -0.233. The van der Waals surface area contributed by atoms with Gasteiger partial charge >= 0.3 is 0 Å². The van der Waals surface area contributed by atoms with Crippen molar-refractivity contribution in [2.75, 3.05) is 17.2 Å². The first-order chi connectivity index (χ1) is 11.5. The number of hydrogen-bond acceptors (Lipinski definition) is 2. The molecule has 0 spiro atoms. The van der Waals surface area contributed by atoms with E-state index in [2.05, 4.69) is 10.6 Å². The second-order valence-electron chi connectivity index (χ2n) is 5.21. The highest BCUT2D eigenvalue weighted by molar-refractivity contribution is 6.44. The monoisotopic (exact) mass is 378 g/mol. The van der Waals surface area contributed by atoms with Crippen LogP contribution in [0.5, 0.6) is 0 Å². The first-order valence-electron chi connectivity index (χ1n) is 7.20. The van der Waals surface area contributed by atoms with Crippen LogP contribution in [0.1, 0.15) is 0 Å². The van der Waals surface area contributed by atoms with E-state index in [-0.39, 0.29) is 12.5 Å². The van der Waals surface area contributed by atoms with Crippen LogP contribution in [0.15, 0.2) is 54.6 Å². The van der Waals surface area contributed by atoms with Crippen LogP contribution in [0, 0.1) is 0 Å². The number of carbonyl (C=O) groups is 1. The van der Waals surface area contributed by atoms with Gasteiger partial charge in [0.1, 0.15) is 0 Å². The minimum absolute atomic E-state index is 0.106. The van der Waals surface area contributed by atoms with Gasteiger partial charge in [0.25, 0.3) is 0 Å². The molecule has 0 aliphatic heterocycles. The molecule has 0 unspecified atom stereocenters. The molecule has 3 nitrogen and oxygen atoms in total. The van der Waals surface area contributed by atoms with Crippen LogP contribution in [0.3, 0.4) is 0 Å². The predicted octanol–water partition coefficient (Wildman–Crippen LogP) is 5.85. The highest BCUT2D eigenvalue weighted by atomic mass is 35.5. The molecule has 24 heavy (non-hydrogen) atoms. The lowest BCUT2D eigenvalue weighted by Crippen LogP contribution is -2.21. The van der Waals surface area contributed by atoms with E-state index in [9.17, 15) is 4.79 Å². The predicted molar refractivity (Wildman–Crippen MR) is 103 cm³/mol. The van der Waals surface area contributed by atoms with Gasteiger partial charge in [-0.2, -0.15) is 0 Å². The van der Waals surface area contributed by atoms with E-state index >= 15 is 0 Å². The average molecular weight is 380 g/mol. The zero-order chi connectivity index (χ0) is 17.1. The zero-order valence-electron chi connectivity index (χ0n) is 12.4. The molecule has 0 heterocycles. The largest absolute Gasteiger partial charge is 0.376 e. The van der Waals surface area contributed by atoms with Crippen molar-refractivity contribution in [1.82, 2.24) is 0 Å². The molecule has 0 aromatic heterocycles. The molecule has 3 rings (SSSR count). The lowest BCUT2D eigenvalue weighted by atomic mass is 10.1. The summed E-state index contributed by atoms with van der Waals surface area (Å²) in [7, 11) is 0. The third-order valence-corrected chi connectivity index (χ3v) is 4.52. The highest BCUT2D eigenvalue weighted by Gasteiger charge is 2.09. The quantitative estimate of drug-likeness (QED) is 0.558. The van der Waals surface area contributed by atoms with Crippen LogP contribution >= 0.6 is 34.8 Å². The second kappa shape index (κ2) is 7.31. The van der Waals surface area contributed by atoms with E-state index in [1.165, 1.54) is 12.1 Å². The summed E-state index contributed by atoms with van der Waals surface area (Å²) in [6, 6.07) is 17.0. The molecule has 0 saturated carbocycles. The average Bonchev–Trinajstić information content (AvgIpc) is 2.57. The Balaban J connectivity index is 1.65. The number of anilines is 2. The molecule has 0 bridgehead atoms. The van der Waals surface area contributed by atoms with Crippen molar-refractivity contribution < 1.29 is 4.79 Å². The van der Waals surface area contributed by atoms with Crippen molar-refractivity contribution in [3.05, 3.63) is 69.7 Å². The first kappa shape index (κ1) is 16.9. The summed E-state index contributed by atoms with van der Waals surface area (Å²) in [6.07, 6.45) is 0. The van der Waals surface area contributed by atoms with E-state index in [1.54, 1.807) is 0 Å². The standard InChI is InChI=1S/C18H13Cl3N2O/c19-14-8-16(21)17(9-15(14)20)23-18(24)10-22-13-6-5-11-3-1-2-4-12(11)7-13/h1-9,22H,10H2,(H,23,24). The third kappa shape index (κ3) is 3.93. The summed E-state index contributed by atoms with van der Waals surface area (Å²) in [4.78, 5) is 12.1. The molecule has 3 aromatic carbocycles. The van der Waals surface area contributed by atoms with Crippen LogP contribution in [-0.2, 0) is 4.79 Å². The first-order valence-corrected chi connectivity index (χ1v) is 8.33. The van der Waals surface area contributed by atoms with Crippen molar-refractivity contribution in [2.45, 2.75) is 0 Å². The summed E-state index contributed by atoms with van der Waals surface area (Å²) in [5.41, 5.74) is 1.29. The van der Waals surface area contributed by atoms with E-state index in [4.69, 9.17) is 34.8 Å². The molecule has 1 amide bonds. The van der Waals surface area contributed by atoms with Crippen LogP contribution in [0.4, 0.5) is 11.4 Å². The summed E-state index contributed by atoms with van der Waals surface area (Å²) >= 11 is 17.9. The number of hydrogen-bond donors (Lipinski definition) is 2. The Labute approximate surface area is 154 Å². The van der Waals surface area contributed by atoms with Crippen molar-refractivity contribution in [3.8, 4) is 0 Å². The SMILES string of the molecule is O=C(CNc1ccc2ccccc2c1)Nc1cc(Cl)c(Cl)cc1Cl. The van der Waals surface area contributed by atoms with E-state index < -0.39 is 0 Å². The summed E-state index contributed by atoms with van der Waals surface area (Å²) in [5, 5.41) is 9.06. The van der Waals surface area contributed by atoms with Gasteiger partial charge < -0.3 is 10.6 Å². The molecule has 0 fully saturated rings. The van der Waals surface area contributed by atoms with Crippen LogP contribution in [-0.4, -0.2) is 12.5 Å². The number of carbonyl (C=O) groups excluding carboxylic acids is 1. The third-order valence-electron chi connectivity index (χ3n) is 3.49. The smallest absolute Gasteiger partial charge is 0.243 e. The number of rotatable bonds is 4. The lowest BCUT2D eigenvalue weighted by Gasteiger charge is -2.10. The molecule has 122 valence electrons. The molecule has 0 aliphatic carbocycles. The summed E-state index contributed by atoms with van der Waals surface area (Å²) in [6.45, 7) is 0.106. The van der Waals surface area contributed by atoms with Gasteiger partial charge in [-0.1, -0.05) is 65.1 Å². The Bertz CT molecular complexity index is 912. The van der Waals surface area contributed by atoms with Gasteiger partial charge in [-0.25, -0.2) is 0 Å². The van der Waals surface area contributed by atoms with Crippen molar-refractivity contribution in [2.24, 2.45) is 0 Å². The van der Waals surface area contributed by atoms with Crippen molar-refractivity contribution in [1.29, 1.82) is 0 Å². The lowest BCUT2D eigenvalue weighted by molar-refractivity contribution is -0.114. The molecule has 2 N–H and O–H groups in total. The van der Waals surface area contributed by atoms with Crippen molar-refractivity contribution >= 4 is 62.9 Å². The van der Waals surface area contributed by atoms with Gasteiger partial charge in [0.2, 0.25) is 5.91 Å². The Morgan fingerprint density at radius 2 is 1.54 bits per heavy atom. The normalized spacial score (nSPS) is 10.6. The van der Waals surface area contributed by atoms with Crippen molar-refractivity contribution in [3.63, 3.8) is 0 Å². The fourth-order valence-electron chi connectivity index (χ4n) is 2.29. The number of halogens is 3. The highest BCUT2D eigenvalue weighted by Crippen LogP contribution is 2.32. The topological polar surface area (TPSA) is 41.1 Å². The molecule has 3 aromatic rings. The Kier molecular flexibility index (Phi) is 5.14. The van der Waals surface area contributed by atoms with Crippen LogP contribution in [0.2, 0.25) is 15.1 Å². The molecule has 0 saturated heterocycles. The maximum absolute atomic E-state index is 12.1. The summed E-state index contributed by atoms with van der Waals surface area (Å²) in [5.74, 6) is -0.233. The molecular weight excluding hydrogens is 367 g/mol. The molecule has 6 heteroatoms. The number of amides is 1. The fourth-order valence-corrected chi connectivity index (χ4v) is 2.89. The minimum Gasteiger partial charge on any atom is -0.376 e. The number of nitrogens with one attached hydrogen (secondary N) is 2. The molecule has 0 radical (unpaired) electrons. The molecule has 0 aliphatic rings. The Morgan fingerprint density at radius 1 is 0.833 bits per heavy atom. The van der Waals surface area contributed by atoms with E-state index in [0.717, 1.165) is 16.5 Å². The van der Waals surface area contributed by atoms with Crippen LogP contribution < -0.4 is 10.6 Å². The molecular formula is C18H13Cl3N2O. The fraction of sp³-hybridized carbons (Fsp3) is 0.0556. The van der Waals surface area contributed by atoms with Gasteiger partial charge in [-0.05, 0) is 35.0 Å². The number of fused-ring (bicyclic) bond motifs is 1. The Hall–Kier alpha value is -1.94. The van der Waals surface area contributed by atoms with Gasteiger partial charge in [0, 0.05) is 5.69 Å². The maximum Gasteiger partial charge on any atom is 0.243 e. The van der Waals surface area contributed by atoms with E-state index in [0.29, 0.717) is 20.8 Å². The van der Waals surface area contributed by atoms with Gasteiger partial charge in [0.05, 0.1) is 27.3 Å². The maximum atomic E-state index is 12.1. The second-order valence-corrected chi connectivity index (χ2v) is 6.43. The van der Waals surface area contributed by atoms with Gasteiger partial charge in [0.15, 0.2) is 0 Å². The Morgan fingerprint density at radius 3 is 2.33 bits per heavy atom. The summed E-state index contributed by atoms with van der Waals surface area (Å²) < 4.78 is 0. The number of benzene rings is 3.